The Morgan fingerprint density at radius 2 is 1.71 bits per heavy atom. The van der Waals surface area contributed by atoms with Crippen LogP contribution in [0, 0.1) is 11.2 Å². The van der Waals surface area contributed by atoms with Gasteiger partial charge in [-0.25, -0.2) is 4.39 Å². The Morgan fingerprint density at radius 3 is 2.41 bits per heavy atom. The number of anilines is 1. The first-order valence-electron chi connectivity index (χ1n) is 5.45. The first-order valence-corrected chi connectivity index (χ1v) is 5.45. The zero-order chi connectivity index (χ0) is 11.8. The molecule has 0 amide bonds. The smallest absolute Gasteiger partial charge is 0.133 e. The maximum atomic E-state index is 12.9. The molecule has 2 aromatic carbocycles. The molecular weight excluding hydrogens is 215 g/mol. The van der Waals surface area contributed by atoms with Gasteiger partial charge >= 0.3 is 0 Å². The van der Waals surface area contributed by atoms with Crippen molar-refractivity contribution in [1.82, 2.24) is 0 Å². The summed E-state index contributed by atoms with van der Waals surface area (Å²) in [6, 6.07) is 14.1. The van der Waals surface area contributed by atoms with Crippen molar-refractivity contribution < 1.29 is 4.39 Å². The summed E-state index contributed by atoms with van der Waals surface area (Å²) in [6.45, 7) is 0.681. The number of benzene rings is 2. The molecule has 2 aromatic rings. The number of fused-ring (bicyclic) bond motifs is 1. The Bertz CT molecular complexity index is 575. The number of hydrogen-bond donors (Lipinski definition) is 1. The zero-order valence-electron chi connectivity index (χ0n) is 9.15. The van der Waals surface area contributed by atoms with E-state index in [1.165, 1.54) is 12.1 Å². The number of hydrogen-bond acceptors (Lipinski definition) is 1. The summed E-state index contributed by atoms with van der Waals surface area (Å²) < 4.78 is 12.9. The number of nitrogens with zero attached hydrogens (tertiary/aromatic N) is 1. The van der Waals surface area contributed by atoms with Crippen molar-refractivity contribution in [2.24, 2.45) is 0 Å². The fourth-order valence-electron chi connectivity index (χ4n) is 2.13. The first kappa shape index (κ1) is 10.0. The van der Waals surface area contributed by atoms with E-state index in [0.29, 0.717) is 12.4 Å². The summed E-state index contributed by atoms with van der Waals surface area (Å²) in [5, 5.41) is 8.11. The quantitative estimate of drug-likeness (QED) is 0.794. The van der Waals surface area contributed by atoms with Crippen molar-refractivity contribution in [3.05, 3.63) is 65.5 Å². The van der Waals surface area contributed by atoms with E-state index in [9.17, 15) is 4.39 Å². The minimum Gasteiger partial charge on any atom is -0.322 e. The van der Waals surface area contributed by atoms with Gasteiger partial charge in [0.15, 0.2) is 0 Å². The minimum absolute atomic E-state index is 0.253. The van der Waals surface area contributed by atoms with Gasteiger partial charge in [-0.15, -0.1) is 0 Å². The molecule has 0 bridgehead atoms. The van der Waals surface area contributed by atoms with Crippen LogP contribution in [0.25, 0.3) is 0 Å². The fraction of sp³-hybridized carbons (Fsp3) is 0.0714. The van der Waals surface area contributed by atoms with Crippen LogP contribution in [0.3, 0.4) is 0 Å². The summed E-state index contributed by atoms with van der Waals surface area (Å²) in [5.41, 5.74) is 2.95. The van der Waals surface area contributed by atoms with Gasteiger partial charge in [-0.1, -0.05) is 24.3 Å². The highest BCUT2D eigenvalue weighted by Crippen LogP contribution is 2.27. The molecule has 1 N–H and O–H groups in total. The van der Waals surface area contributed by atoms with E-state index in [-0.39, 0.29) is 5.82 Å². The van der Waals surface area contributed by atoms with Crippen LogP contribution in [0.15, 0.2) is 48.5 Å². The van der Waals surface area contributed by atoms with Gasteiger partial charge in [0.1, 0.15) is 11.7 Å². The molecule has 0 saturated carbocycles. The normalized spacial score (nSPS) is 13.9. The Hall–Kier alpha value is -2.16. The third kappa shape index (κ3) is 1.60. The van der Waals surface area contributed by atoms with Gasteiger partial charge < -0.3 is 4.90 Å². The summed E-state index contributed by atoms with van der Waals surface area (Å²) in [4.78, 5) is 1.88. The van der Waals surface area contributed by atoms with E-state index in [1.807, 2.05) is 29.2 Å². The first-order chi connectivity index (χ1) is 8.25. The lowest BCUT2D eigenvalue weighted by Gasteiger charge is -2.17. The summed E-state index contributed by atoms with van der Waals surface area (Å²) in [7, 11) is 0. The molecule has 0 spiro atoms. The molecule has 3 heteroatoms. The lowest BCUT2D eigenvalue weighted by Crippen LogP contribution is -2.22. The largest absolute Gasteiger partial charge is 0.322 e. The Balaban J connectivity index is 1.99. The maximum absolute atomic E-state index is 12.9. The third-order valence-corrected chi connectivity index (χ3v) is 3.01. The fourth-order valence-corrected chi connectivity index (χ4v) is 2.13. The number of rotatable bonds is 1. The summed E-state index contributed by atoms with van der Waals surface area (Å²) in [5.74, 6) is 0.226. The van der Waals surface area contributed by atoms with Gasteiger partial charge in [0.05, 0.1) is 6.54 Å². The van der Waals surface area contributed by atoms with Crippen LogP contribution < -0.4 is 4.90 Å². The van der Waals surface area contributed by atoms with E-state index in [1.54, 1.807) is 12.1 Å². The highest BCUT2D eigenvalue weighted by molar-refractivity contribution is 6.11. The van der Waals surface area contributed by atoms with Crippen LogP contribution in [0.5, 0.6) is 0 Å². The van der Waals surface area contributed by atoms with Gasteiger partial charge in [0.25, 0.3) is 0 Å². The van der Waals surface area contributed by atoms with Gasteiger partial charge in [0, 0.05) is 11.3 Å². The van der Waals surface area contributed by atoms with Crippen molar-refractivity contribution in [1.29, 1.82) is 5.41 Å². The topological polar surface area (TPSA) is 27.1 Å². The van der Waals surface area contributed by atoms with Gasteiger partial charge in [-0.3, -0.25) is 5.41 Å². The van der Waals surface area contributed by atoms with E-state index >= 15 is 0 Å². The van der Waals surface area contributed by atoms with Gasteiger partial charge in [0.2, 0.25) is 0 Å². The molecule has 1 aliphatic heterocycles. The van der Waals surface area contributed by atoms with Crippen LogP contribution in [0.4, 0.5) is 10.1 Å². The summed E-state index contributed by atoms with van der Waals surface area (Å²) >= 11 is 0. The molecule has 84 valence electrons. The van der Waals surface area contributed by atoms with E-state index in [4.69, 9.17) is 5.41 Å². The molecule has 0 aliphatic carbocycles. The van der Waals surface area contributed by atoms with Crippen LogP contribution in [0.1, 0.15) is 11.1 Å². The second-order valence-electron chi connectivity index (χ2n) is 4.07. The standard InChI is InChI=1S/C14H11FN2/c15-11-5-7-12(8-6-11)17-9-10-3-1-2-4-13(10)14(17)16/h1-8,16H,9H2. The van der Waals surface area contributed by atoms with Crippen molar-refractivity contribution >= 4 is 11.5 Å². The van der Waals surface area contributed by atoms with Crippen molar-refractivity contribution in [3.8, 4) is 0 Å². The molecule has 0 aromatic heterocycles. The molecule has 0 atom stereocenters. The van der Waals surface area contributed by atoms with Crippen molar-refractivity contribution in [3.63, 3.8) is 0 Å². The SMILES string of the molecule is N=C1c2ccccc2CN1c1ccc(F)cc1. The molecule has 17 heavy (non-hydrogen) atoms. The van der Waals surface area contributed by atoms with Gasteiger partial charge in [-0.2, -0.15) is 0 Å². The second kappa shape index (κ2) is 3.70. The molecule has 0 fully saturated rings. The van der Waals surface area contributed by atoms with Gasteiger partial charge in [-0.05, 0) is 29.8 Å². The van der Waals surface area contributed by atoms with Crippen molar-refractivity contribution in [2.45, 2.75) is 6.54 Å². The third-order valence-electron chi connectivity index (χ3n) is 3.01. The highest BCUT2D eigenvalue weighted by Gasteiger charge is 2.24. The lowest BCUT2D eigenvalue weighted by atomic mass is 10.1. The molecule has 1 aliphatic rings. The van der Waals surface area contributed by atoms with Crippen LogP contribution >= 0.6 is 0 Å². The lowest BCUT2D eigenvalue weighted by molar-refractivity contribution is 0.628. The molecule has 0 unspecified atom stereocenters. The van der Waals surface area contributed by atoms with Crippen molar-refractivity contribution in [2.75, 3.05) is 4.90 Å². The summed E-state index contributed by atoms with van der Waals surface area (Å²) in [6.07, 6.45) is 0. The maximum Gasteiger partial charge on any atom is 0.133 e. The predicted octanol–water partition coefficient (Wildman–Crippen LogP) is 3.17. The number of halogens is 1. The zero-order valence-corrected chi connectivity index (χ0v) is 9.15. The van der Waals surface area contributed by atoms with E-state index in [2.05, 4.69) is 0 Å². The second-order valence-corrected chi connectivity index (χ2v) is 4.07. The minimum atomic E-state index is -0.253. The van der Waals surface area contributed by atoms with Crippen LogP contribution in [-0.2, 0) is 6.54 Å². The van der Waals surface area contributed by atoms with Crippen LogP contribution in [0.2, 0.25) is 0 Å². The predicted molar refractivity (Wildman–Crippen MR) is 65.9 cm³/mol. The Kier molecular flexibility index (Phi) is 2.18. The average Bonchev–Trinajstić information content (AvgIpc) is 2.69. The molecule has 0 saturated heterocycles. The molecule has 3 rings (SSSR count). The molecule has 0 radical (unpaired) electrons. The van der Waals surface area contributed by atoms with E-state index < -0.39 is 0 Å². The number of nitrogens with one attached hydrogen (secondary N) is 1. The Labute approximate surface area is 98.8 Å². The average molecular weight is 226 g/mol. The molecule has 2 nitrogen and oxygen atoms in total. The molecule has 1 heterocycles. The molecular formula is C14H11FN2. The Morgan fingerprint density at radius 1 is 1.00 bits per heavy atom. The number of amidine groups is 1. The monoisotopic (exact) mass is 226 g/mol. The highest BCUT2D eigenvalue weighted by atomic mass is 19.1. The van der Waals surface area contributed by atoms with E-state index in [0.717, 1.165) is 16.8 Å². The van der Waals surface area contributed by atoms with Crippen LogP contribution in [-0.4, -0.2) is 5.84 Å².